The first-order valence-corrected chi connectivity index (χ1v) is 9.04. The zero-order valence-corrected chi connectivity index (χ0v) is 14.8. The van der Waals surface area contributed by atoms with Gasteiger partial charge in [-0.2, -0.15) is 0 Å². The molecule has 2 bridgehead atoms. The van der Waals surface area contributed by atoms with E-state index in [-0.39, 0.29) is 35.6 Å². The van der Waals surface area contributed by atoms with Crippen LogP contribution in [0.1, 0.15) is 51.7 Å². The number of aromatic carboxylic acids is 1. The molecule has 0 aliphatic carbocycles. The monoisotopic (exact) mass is 368 g/mol. The summed E-state index contributed by atoms with van der Waals surface area (Å²) in [5, 5.41) is 9.47. The molecule has 7 nitrogen and oxygen atoms in total. The first-order valence-electron chi connectivity index (χ1n) is 9.04. The number of rotatable bonds is 4. The lowest BCUT2D eigenvalue weighted by molar-refractivity contribution is 0.0687. The van der Waals surface area contributed by atoms with E-state index in [4.69, 9.17) is 4.74 Å². The summed E-state index contributed by atoms with van der Waals surface area (Å²) >= 11 is 0. The second-order valence-corrected chi connectivity index (χ2v) is 6.91. The Hall–Kier alpha value is -3.09. The van der Waals surface area contributed by atoms with Crippen LogP contribution in [0.4, 0.5) is 0 Å². The summed E-state index contributed by atoms with van der Waals surface area (Å²) in [5.74, 6) is -1.75. The van der Waals surface area contributed by atoms with Gasteiger partial charge >= 0.3 is 5.97 Å². The minimum Gasteiger partial charge on any atom is -0.483 e. The fourth-order valence-corrected chi connectivity index (χ4v) is 3.83. The minimum atomic E-state index is -1.32. The third-order valence-electron chi connectivity index (χ3n) is 5.23. The zero-order valence-electron chi connectivity index (χ0n) is 14.8. The third kappa shape index (κ3) is 3.09. The lowest BCUT2D eigenvalue weighted by atomic mass is 10.1. The van der Waals surface area contributed by atoms with Crippen molar-refractivity contribution in [3.05, 3.63) is 63.6 Å². The van der Waals surface area contributed by atoms with E-state index in [1.165, 1.54) is 6.20 Å². The maximum Gasteiger partial charge on any atom is 0.341 e. The number of hydrogen-bond donors (Lipinski definition) is 1. The summed E-state index contributed by atoms with van der Waals surface area (Å²) in [6, 6.07) is 9.23. The van der Waals surface area contributed by atoms with Gasteiger partial charge in [-0.15, -0.1) is 0 Å². The lowest BCUT2D eigenvalue weighted by Gasteiger charge is -2.25. The van der Waals surface area contributed by atoms with Gasteiger partial charge in [0.05, 0.1) is 0 Å². The standard InChI is InChI=1S/C20H20N2O5/c23-17-15(20(25)26)11-22-14-7-4-9-21(10-8-14)19(24)16(22)18(17)27-12-13-5-2-1-3-6-13/h1-3,5-6,11,14H,4,7-10,12H2,(H,25,26). The van der Waals surface area contributed by atoms with Crippen molar-refractivity contribution in [2.75, 3.05) is 13.1 Å². The van der Waals surface area contributed by atoms with Gasteiger partial charge < -0.3 is 19.3 Å². The van der Waals surface area contributed by atoms with E-state index in [9.17, 15) is 19.5 Å². The molecule has 2 aromatic rings. The largest absolute Gasteiger partial charge is 0.483 e. The van der Waals surface area contributed by atoms with Crippen LogP contribution in [0, 0.1) is 0 Å². The normalized spacial score (nSPS) is 18.6. The van der Waals surface area contributed by atoms with Crippen LogP contribution in [-0.2, 0) is 6.61 Å². The highest BCUT2D eigenvalue weighted by atomic mass is 16.5. The molecular weight excluding hydrogens is 348 g/mol. The van der Waals surface area contributed by atoms with Gasteiger partial charge in [0.25, 0.3) is 5.91 Å². The Morgan fingerprint density at radius 1 is 1.15 bits per heavy atom. The number of nitrogens with zero attached hydrogens (tertiary/aromatic N) is 2. The Balaban J connectivity index is 1.86. The summed E-state index contributed by atoms with van der Waals surface area (Å²) in [6.45, 7) is 1.33. The highest BCUT2D eigenvalue weighted by molar-refractivity contribution is 5.97. The van der Waals surface area contributed by atoms with Crippen molar-refractivity contribution in [2.24, 2.45) is 0 Å². The van der Waals surface area contributed by atoms with Crippen molar-refractivity contribution >= 4 is 11.9 Å². The Labute approximate surface area is 155 Å². The topological polar surface area (TPSA) is 88.8 Å². The van der Waals surface area contributed by atoms with Gasteiger partial charge in [-0.25, -0.2) is 4.79 Å². The summed E-state index contributed by atoms with van der Waals surface area (Å²) in [6.07, 6.45) is 3.73. The fraction of sp³-hybridized carbons (Fsp3) is 0.350. The minimum absolute atomic E-state index is 0.0192. The Morgan fingerprint density at radius 3 is 2.67 bits per heavy atom. The molecule has 140 valence electrons. The van der Waals surface area contributed by atoms with Crippen LogP contribution in [0.5, 0.6) is 5.75 Å². The maximum absolute atomic E-state index is 13.1. The van der Waals surface area contributed by atoms with Crippen LogP contribution < -0.4 is 10.2 Å². The van der Waals surface area contributed by atoms with E-state index < -0.39 is 11.4 Å². The molecule has 2 aliphatic heterocycles. The maximum atomic E-state index is 13.1. The van der Waals surface area contributed by atoms with Crippen LogP contribution in [0.15, 0.2) is 41.3 Å². The second kappa shape index (κ2) is 6.90. The number of amides is 1. The molecule has 1 atom stereocenters. The predicted molar refractivity (Wildman–Crippen MR) is 97.2 cm³/mol. The molecule has 2 aliphatic rings. The van der Waals surface area contributed by atoms with Crippen molar-refractivity contribution in [3.8, 4) is 5.75 Å². The molecule has 27 heavy (non-hydrogen) atoms. The van der Waals surface area contributed by atoms with Gasteiger partial charge in [0.1, 0.15) is 12.2 Å². The van der Waals surface area contributed by atoms with E-state index in [1.807, 2.05) is 30.3 Å². The molecular formula is C20H20N2O5. The second-order valence-electron chi connectivity index (χ2n) is 6.91. The third-order valence-corrected chi connectivity index (χ3v) is 5.23. The number of fused-ring (bicyclic) bond motifs is 5. The van der Waals surface area contributed by atoms with E-state index in [1.54, 1.807) is 9.47 Å². The molecule has 1 N–H and O–H groups in total. The number of benzene rings is 1. The molecule has 1 amide bonds. The summed E-state index contributed by atoms with van der Waals surface area (Å²) < 4.78 is 7.42. The van der Waals surface area contributed by atoms with Crippen molar-refractivity contribution in [2.45, 2.75) is 31.9 Å². The van der Waals surface area contributed by atoms with Crippen LogP contribution >= 0.6 is 0 Å². The van der Waals surface area contributed by atoms with Crippen LogP contribution in [-0.4, -0.2) is 39.5 Å². The number of carboxylic acids is 1. The van der Waals surface area contributed by atoms with E-state index in [2.05, 4.69) is 0 Å². The fourth-order valence-electron chi connectivity index (χ4n) is 3.83. The molecule has 4 rings (SSSR count). The number of ether oxygens (including phenoxy) is 1. The number of hydrogen-bond acceptors (Lipinski definition) is 4. The number of carbonyl (C=O) groups excluding carboxylic acids is 1. The molecule has 1 saturated heterocycles. The molecule has 3 heterocycles. The molecule has 1 unspecified atom stereocenters. The SMILES string of the molecule is O=C(O)c1cn2c(c(OCc3ccccc3)c1=O)C(=O)N1CCCC2CC1. The van der Waals surface area contributed by atoms with Gasteiger partial charge in [0, 0.05) is 25.3 Å². The Bertz CT molecular complexity index is 951. The van der Waals surface area contributed by atoms with Gasteiger partial charge in [-0.3, -0.25) is 9.59 Å². The number of carboxylic acid groups (broad SMARTS) is 1. The number of aromatic nitrogens is 1. The predicted octanol–water partition coefficient (Wildman–Crippen LogP) is 2.31. The smallest absolute Gasteiger partial charge is 0.341 e. The first-order chi connectivity index (χ1) is 13.1. The van der Waals surface area contributed by atoms with Crippen molar-refractivity contribution in [1.29, 1.82) is 0 Å². The molecule has 1 aromatic carbocycles. The van der Waals surface area contributed by atoms with Crippen LogP contribution in [0.2, 0.25) is 0 Å². The van der Waals surface area contributed by atoms with Crippen molar-refractivity contribution in [1.82, 2.24) is 9.47 Å². The average Bonchev–Trinajstić information content (AvgIpc) is 2.98. The highest BCUT2D eigenvalue weighted by Crippen LogP contribution is 2.32. The van der Waals surface area contributed by atoms with E-state index >= 15 is 0 Å². The zero-order chi connectivity index (χ0) is 19.0. The summed E-state index contributed by atoms with van der Waals surface area (Å²) in [5.41, 5.74) is -0.117. The van der Waals surface area contributed by atoms with Crippen LogP contribution in [0.3, 0.4) is 0 Å². The number of pyridine rings is 1. The van der Waals surface area contributed by atoms with E-state index in [0.717, 1.165) is 24.8 Å². The quantitative estimate of drug-likeness (QED) is 0.895. The van der Waals surface area contributed by atoms with Crippen molar-refractivity contribution < 1.29 is 19.4 Å². The molecule has 7 heteroatoms. The molecule has 0 radical (unpaired) electrons. The molecule has 1 aromatic heterocycles. The average molecular weight is 368 g/mol. The van der Waals surface area contributed by atoms with Crippen molar-refractivity contribution in [3.63, 3.8) is 0 Å². The Morgan fingerprint density at radius 2 is 1.93 bits per heavy atom. The van der Waals surface area contributed by atoms with Gasteiger partial charge in [0.15, 0.2) is 11.4 Å². The first kappa shape index (κ1) is 17.3. The lowest BCUT2D eigenvalue weighted by Crippen LogP contribution is -2.35. The van der Waals surface area contributed by atoms with Gasteiger partial charge in [-0.05, 0) is 24.8 Å². The van der Waals surface area contributed by atoms with Gasteiger partial charge in [-0.1, -0.05) is 30.3 Å². The molecule has 1 fully saturated rings. The van der Waals surface area contributed by atoms with Gasteiger partial charge in [0.2, 0.25) is 5.43 Å². The van der Waals surface area contributed by atoms with E-state index in [0.29, 0.717) is 13.1 Å². The Kier molecular flexibility index (Phi) is 4.43. The van der Waals surface area contributed by atoms with Crippen LogP contribution in [0.25, 0.3) is 0 Å². The summed E-state index contributed by atoms with van der Waals surface area (Å²) in [7, 11) is 0. The molecule has 0 saturated carbocycles. The summed E-state index contributed by atoms with van der Waals surface area (Å²) in [4.78, 5) is 39.2. The highest BCUT2D eigenvalue weighted by Gasteiger charge is 2.35. The number of carbonyl (C=O) groups is 2. The molecule has 0 spiro atoms.